The fourth-order valence-corrected chi connectivity index (χ4v) is 3.08. The third-order valence-electron chi connectivity index (χ3n) is 2.98. The molecule has 0 saturated heterocycles. The number of amides is 2. The van der Waals surface area contributed by atoms with Crippen molar-refractivity contribution in [3.8, 4) is 0 Å². The van der Waals surface area contributed by atoms with Crippen LogP contribution in [0.1, 0.15) is 31.5 Å². The molecule has 116 valence electrons. The standard InChI is InChI=1S/C13H20N4O3S/c1-3-5-14-11(18)6-17-12(15-13(19)20-4-2)9-7-21-8-10(9)16-17/h3-8H2,1-2H3,(H,14,18)(H,15,19). The molecule has 8 heteroatoms. The molecule has 1 aromatic rings. The highest BCUT2D eigenvalue weighted by Crippen LogP contribution is 2.34. The van der Waals surface area contributed by atoms with E-state index in [1.54, 1.807) is 23.4 Å². The summed E-state index contributed by atoms with van der Waals surface area (Å²) in [7, 11) is 0. The zero-order valence-electron chi connectivity index (χ0n) is 12.3. The van der Waals surface area contributed by atoms with Crippen molar-refractivity contribution >= 4 is 29.6 Å². The molecule has 21 heavy (non-hydrogen) atoms. The third-order valence-corrected chi connectivity index (χ3v) is 3.95. The van der Waals surface area contributed by atoms with E-state index in [-0.39, 0.29) is 12.5 Å². The Bertz CT molecular complexity index is 530. The molecule has 0 bridgehead atoms. The molecule has 2 heterocycles. The molecule has 0 atom stereocenters. The number of aromatic nitrogens is 2. The predicted octanol–water partition coefficient (Wildman–Crippen LogP) is 1.72. The van der Waals surface area contributed by atoms with E-state index in [0.717, 1.165) is 29.2 Å². The normalized spacial score (nSPS) is 12.9. The van der Waals surface area contributed by atoms with Gasteiger partial charge in [0, 0.05) is 23.6 Å². The van der Waals surface area contributed by atoms with Crippen molar-refractivity contribution in [1.29, 1.82) is 0 Å². The first-order valence-corrected chi connectivity index (χ1v) is 8.17. The van der Waals surface area contributed by atoms with E-state index in [0.29, 0.717) is 19.0 Å². The van der Waals surface area contributed by atoms with Gasteiger partial charge in [-0.2, -0.15) is 16.9 Å². The van der Waals surface area contributed by atoms with Gasteiger partial charge in [0.1, 0.15) is 12.4 Å². The van der Waals surface area contributed by atoms with Gasteiger partial charge in [0.2, 0.25) is 5.91 Å². The molecule has 0 unspecified atom stereocenters. The molecule has 1 aliphatic heterocycles. The van der Waals surface area contributed by atoms with Gasteiger partial charge >= 0.3 is 6.09 Å². The minimum atomic E-state index is -0.521. The van der Waals surface area contributed by atoms with Gasteiger partial charge in [-0.1, -0.05) is 6.92 Å². The second kappa shape index (κ2) is 7.35. The fraction of sp³-hybridized carbons (Fsp3) is 0.615. The van der Waals surface area contributed by atoms with Gasteiger partial charge in [-0.25, -0.2) is 9.48 Å². The van der Waals surface area contributed by atoms with E-state index in [4.69, 9.17) is 4.74 Å². The summed E-state index contributed by atoms with van der Waals surface area (Å²) in [5, 5.41) is 9.92. The molecular formula is C13H20N4O3S. The van der Waals surface area contributed by atoms with Gasteiger partial charge in [-0.15, -0.1) is 0 Å². The van der Waals surface area contributed by atoms with Crippen molar-refractivity contribution in [2.45, 2.75) is 38.3 Å². The largest absolute Gasteiger partial charge is 0.450 e. The van der Waals surface area contributed by atoms with Crippen LogP contribution in [0, 0.1) is 0 Å². The lowest BCUT2D eigenvalue weighted by Crippen LogP contribution is -2.29. The molecule has 7 nitrogen and oxygen atoms in total. The number of ether oxygens (including phenoxy) is 1. The number of nitrogens with zero attached hydrogens (tertiary/aromatic N) is 2. The van der Waals surface area contributed by atoms with Crippen molar-refractivity contribution < 1.29 is 14.3 Å². The Kier molecular flexibility index (Phi) is 5.49. The summed E-state index contributed by atoms with van der Waals surface area (Å²) in [5.74, 6) is 2.04. The number of hydrogen-bond acceptors (Lipinski definition) is 5. The van der Waals surface area contributed by atoms with Crippen LogP contribution in [0.25, 0.3) is 0 Å². The maximum atomic E-state index is 11.8. The number of nitrogens with one attached hydrogen (secondary N) is 2. The van der Waals surface area contributed by atoms with Gasteiger partial charge in [0.15, 0.2) is 0 Å². The Hall–Kier alpha value is -1.70. The van der Waals surface area contributed by atoms with E-state index in [2.05, 4.69) is 15.7 Å². The van der Waals surface area contributed by atoms with Crippen molar-refractivity contribution in [1.82, 2.24) is 15.1 Å². The number of hydrogen-bond donors (Lipinski definition) is 2. The van der Waals surface area contributed by atoms with Gasteiger partial charge in [0.25, 0.3) is 0 Å². The van der Waals surface area contributed by atoms with Crippen LogP contribution in [0.3, 0.4) is 0 Å². The first-order valence-electron chi connectivity index (χ1n) is 7.02. The first kappa shape index (κ1) is 15.7. The van der Waals surface area contributed by atoms with Crippen molar-refractivity contribution in [2.75, 3.05) is 18.5 Å². The van der Waals surface area contributed by atoms with Gasteiger partial charge in [0.05, 0.1) is 12.3 Å². The highest BCUT2D eigenvalue weighted by Gasteiger charge is 2.25. The SMILES string of the molecule is CCCNC(=O)Cn1nc2c(c1NC(=O)OCC)CSC2. The van der Waals surface area contributed by atoms with Gasteiger partial charge in [-0.05, 0) is 13.3 Å². The van der Waals surface area contributed by atoms with Crippen LogP contribution in [-0.2, 0) is 27.6 Å². The monoisotopic (exact) mass is 312 g/mol. The summed E-state index contributed by atoms with van der Waals surface area (Å²) in [6, 6.07) is 0. The minimum absolute atomic E-state index is 0.0966. The quantitative estimate of drug-likeness (QED) is 0.835. The molecule has 0 fully saturated rings. The van der Waals surface area contributed by atoms with E-state index in [1.165, 1.54) is 0 Å². The summed E-state index contributed by atoms with van der Waals surface area (Å²) in [5.41, 5.74) is 1.91. The average molecular weight is 312 g/mol. The molecule has 0 aliphatic carbocycles. The third kappa shape index (κ3) is 3.90. The van der Waals surface area contributed by atoms with E-state index >= 15 is 0 Å². The molecule has 1 aromatic heterocycles. The first-order chi connectivity index (χ1) is 10.2. The van der Waals surface area contributed by atoms with Crippen LogP contribution in [0.2, 0.25) is 0 Å². The van der Waals surface area contributed by atoms with Crippen molar-refractivity contribution in [2.24, 2.45) is 0 Å². The number of thioether (sulfide) groups is 1. The van der Waals surface area contributed by atoms with E-state index < -0.39 is 6.09 Å². The molecule has 1 aliphatic rings. The van der Waals surface area contributed by atoms with Crippen LogP contribution in [0.15, 0.2) is 0 Å². The summed E-state index contributed by atoms with van der Waals surface area (Å²) < 4.78 is 6.45. The number of carbonyl (C=O) groups excluding carboxylic acids is 2. The maximum Gasteiger partial charge on any atom is 0.412 e. The topological polar surface area (TPSA) is 85.3 Å². The van der Waals surface area contributed by atoms with Crippen LogP contribution in [0.5, 0.6) is 0 Å². The van der Waals surface area contributed by atoms with Crippen LogP contribution >= 0.6 is 11.8 Å². The Labute approximate surface area is 127 Å². The predicted molar refractivity (Wildman–Crippen MR) is 81.2 cm³/mol. The molecule has 0 radical (unpaired) electrons. The molecule has 0 saturated carbocycles. The lowest BCUT2D eigenvalue weighted by Gasteiger charge is -2.10. The summed E-state index contributed by atoms with van der Waals surface area (Å²) in [6.07, 6.45) is 0.360. The number of rotatable bonds is 6. The highest BCUT2D eigenvalue weighted by atomic mass is 32.2. The molecule has 2 amide bonds. The highest BCUT2D eigenvalue weighted by molar-refractivity contribution is 7.98. The van der Waals surface area contributed by atoms with E-state index in [1.807, 2.05) is 6.92 Å². The minimum Gasteiger partial charge on any atom is -0.450 e. The number of fused-ring (bicyclic) bond motifs is 1. The molecule has 2 N–H and O–H groups in total. The molecule has 0 spiro atoms. The van der Waals surface area contributed by atoms with E-state index in [9.17, 15) is 9.59 Å². The smallest absolute Gasteiger partial charge is 0.412 e. The van der Waals surface area contributed by atoms with Crippen molar-refractivity contribution in [3.63, 3.8) is 0 Å². The average Bonchev–Trinajstić information content (AvgIpc) is 3.00. The molecule has 2 rings (SSSR count). The fourth-order valence-electron chi connectivity index (χ4n) is 2.04. The van der Waals surface area contributed by atoms with Crippen LogP contribution in [0.4, 0.5) is 10.6 Å². The lowest BCUT2D eigenvalue weighted by molar-refractivity contribution is -0.121. The Morgan fingerprint density at radius 1 is 1.38 bits per heavy atom. The second-order valence-corrected chi connectivity index (χ2v) is 5.61. The number of anilines is 1. The summed E-state index contributed by atoms with van der Waals surface area (Å²) >= 11 is 1.74. The number of carbonyl (C=O) groups is 2. The molecular weight excluding hydrogens is 292 g/mol. The Morgan fingerprint density at radius 3 is 2.90 bits per heavy atom. The zero-order chi connectivity index (χ0) is 15.2. The Morgan fingerprint density at radius 2 is 2.19 bits per heavy atom. The van der Waals surface area contributed by atoms with Gasteiger partial charge < -0.3 is 10.1 Å². The Balaban J connectivity index is 2.13. The summed E-state index contributed by atoms with van der Waals surface area (Å²) in [4.78, 5) is 23.5. The van der Waals surface area contributed by atoms with Crippen LogP contribution in [-0.4, -0.2) is 34.9 Å². The van der Waals surface area contributed by atoms with Crippen molar-refractivity contribution in [3.05, 3.63) is 11.3 Å². The van der Waals surface area contributed by atoms with Crippen LogP contribution < -0.4 is 10.6 Å². The lowest BCUT2D eigenvalue weighted by atomic mass is 10.3. The zero-order valence-corrected chi connectivity index (χ0v) is 13.1. The maximum absolute atomic E-state index is 11.8. The van der Waals surface area contributed by atoms with Gasteiger partial charge in [-0.3, -0.25) is 10.1 Å². The second-order valence-electron chi connectivity index (χ2n) is 4.62. The molecule has 0 aromatic carbocycles. The summed E-state index contributed by atoms with van der Waals surface area (Å²) in [6.45, 7) is 4.77.